The van der Waals surface area contributed by atoms with E-state index < -0.39 is 0 Å². The zero-order valence-corrected chi connectivity index (χ0v) is 25.1. The monoisotopic (exact) mass is 557 g/mol. The third kappa shape index (κ3) is 8.27. The van der Waals surface area contributed by atoms with Crippen LogP contribution >= 0.6 is 0 Å². The number of para-hydroxylation sites is 1. The molecule has 6 rings (SSSR count). The third-order valence-corrected chi connectivity index (χ3v) is 7.66. The lowest BCUT2D eigenvalue weighted by molar-refractivity contribution is -0.118. The average molecular weight is 558 g/mol. The topological polar surface area (TPSA) is 54.9 Å². The van der Waals surface area contributed by atoms with Crippen molar-refractivity contribution < 1.29 is 15.7 Å². The molecule has 1 saturated heterocycles. The van der Waals surface area contributed by atoms with Crippen LogP contribution in [0.5, 0.6) is 5.75 Å². The van der Waals surface area contributed by atoms with Gasteiger partial charge in [0.25, 0.3) is 0 Å². The van der Waals surface area contributed by atoms with Crippen LogP contribution in [0.2, 0.25) is 0 Å². The summed E-state index contributed by atoms with van der Waals surface area (Å²) >= 11 is 0. The molecule has 1 fully saturated rings. The smallest absolute Gasteiger partial charge is 0.167 e. The molecule has 0 saturated carbocycles. The number of hydrogen-bond donors (Lipinski definition) is 0. The number of aromatic nitrogens is 1. The van der Waals surface area contributed by atoms with Crippen LogP contribution in [0.3, 0.4) is 0 Å². The van der Waals surface area contributed by atoms with E-state index in [0.29, 0.717) is 5.75 Å². The number of hydrogen-bond acceptors (Lipinski definition) is 6. The molecule has 3 heterocycles. The summed E-state index contributed by atoms with van der Waals surface area (Å²) in [4.78, 5) is 20.6. The minimum Gasteiger partial charge on any atom is -0.484 e. The number of carbonyl (C=O) groups excluding carboxylic acids is 1. The Morgan fingerprint density at radius 1 is 1.02 bits per heavy atom. The standard InChI is InChI=1S/C17H21N.C16H18N2O3.C2H6.H2/c1-2-14(15-8-5-9-15)12-18-11-10-16-6-3-4-7-17(16)13-18;1-12(19)11-21-14-4-2-3-13-5-6-15(17-16(13)14)18-7-9-20-10-8-18;1-2;/h3-9,14H,2,10-13H2,1H3;2-6H,7-11H2,1H3;1-2H3;1H. The first-order valence-electron chi connectivity index (χ1n) is 15.1. The van der Waals surface area contributed by atoms with E-state index in [1.54, 1.807) is 5.56 Å². The molecule has 6 nitrogen and oxygen atoms in total. The molecule has 1 unspecified atom stereocenters. The van der Waals surface area contributed by atoms with Crippen LogP contribution < -0.4 is 9.64 Å². The maximum atomic E-state index is 11.1. The number of morpholine rings is 1. The SMILES string of the molecule is CC.CC(=O)COc1cccc2ccc(N3CCOCC3)nc12.CCC(CN1CCc2ccccc2C1)C1=CC=C1.[HH]. The Balaban J connectivity index is 0.000000215. The Morgan fingerprint density at radius 3 is 2.46 bits per heavy atom. The second-order valence-electron chi connectivity index (χ2n) is 10.5. The average Bonchev–Trinajstić information content (AvgIpc) is 3.00. The quantitative estimate of drug-likeness (QED) is 0.301. The summed E-state index contributed by atoms with van der Waals surface area (Å²) in [6.07, 6.45) is 9.15. The van der Waals surface area contributed by atoms with Crippen molar-refractivity contribution in [1.82, 2.24) is 9.88 Å². The predicted molar refractivity (Wildman–Crippen MR) is 171 cm³/mol. The highest BCUT2D eigenvalue weighted by Gasteiger charge is 2.21. The van der Waals surface area contributed by atoms with Crippen LogP contribution in [0.1, 0.15) is 46.7 Å². The van der Waals surface area contributed by atoms with Crippen molar-refractivity contribution in [3.05, 3.63) is 89.5 Å². The number of nitrogens with zero attached hydrogens (tertiary/aromatic N) is 3. The summed E-state index contributed by atoms with van der Waals surface area (Å²) in [6.45, 7) is 14.6. The number of anilines is 1. The fourth-order valence-electron chi connectivity index (χ4n) is 5.35. The normalized spacial score (nSPS) is 16.7. The van der Waals surface area contributed by atoms with E-state index in [1.165, 1.54) is 44.0 Å². The van der Waals surface area contributed by atoms with Crippen LogP contribution in [0, 0.1) is 5.92 Å². The molecule has 1 aromatic heterocycles. The Kier molecular flexibility index (Phi) is 11.5. The van der Waals surface area contributed by atoms with Gasteiger partial charge in [0.15, 0.2) is 5.78 Å². The van der Waals surface area contributed by atoms with Gasteiger partial charge in [0, 0.05) is 39.5 Å². The van der Waals surface area contributed by atoms with E-state index in [-0.39, 0.29) is 13.8 Å². The molecule has 0 radical (unpaired) electrons. The lowest BCUT2D eigenvalue weighted by atomic mass is 9.89. The van der Waals surface area contributed by atoms with Gasteiger partial charge in [0.2, 0.25) is 0 Å². The van der Waals surface area contributed by atoms with Gasteiger partial charge in [-0.25, -0.2) is 4.98 Å². The van der Waals surface area contributed by atoms with Gasteiger partial charge in [-0.2, -0.15) is 0 Å². The summed E-state index contributed by atoms with van der Waals surface area (Å²) in [6, 6.07) is 18.7. The second kappa shape index (κ2) is 15.5. The van der Waals surface area contributed by atoms with Crippen LogP contribution in [0.25, 0.3) is 10.9 Å². The maximum Gasteiger partial charge on any atom is 0.167 e. The lowest BCUT2D eigenvalue weighted by Gasteiger charge is -2.32. The molecule has 3 aliphatic rings. The van der Waals surface area contributed by atoms with Gasteiger partial charge in [0.1, 0.15) is 23.7 Å². The number of fused-ring (bicyclic) bond motifs is 2. The van der Waals surface area contributed by atoms with Crippen molar-refractivity contribution in [3.63, 3.8) is 0 Å². The summed E-state index contributed by atoms with van der Waals surface area (Å²) in [5.41, 5.74) is 5.40. The lowest BCUT2D eigenvalue weighted by Crippen LogP contribution is -2.36. The number of allylic oxidation sites excluding steroid dienone is 3. The third-order valence-electron chi connectivity index (χ3n) is 7.66. The molecule has 41 heavy (non-hydrogen) atoms. The van der Waals surface area contributed by atoms with Crippen molar-refractivity contribution in [1.29, 1.82) is 0 Å². The molecule has 220 valence electrons. The molecule has 2 aliphatic heterocycles. The van der Waals surface area contributed by atoms with Crippen molar-refractivity contribution in [2.75, 3.05) is 50.9 Å². The van der Waals surface area contributed by atoms with Crippen molar-refractivity contribution in [2.24, 2.45) is 5.92 Å². The molecule has 3 aromatic rings. The number of rotatable bonds is 8. The van der Waals surface area contributed by atoms with E-state index >= 15 is 0 Å². The Labute approximate surface area is 247 Å². The Bertz CT molecular complexity index is 1350. The van der Waals surface area contributed by atoms with Crippen molar-refractivity contribution in [3.8, 4) is 5.75 Å². The van der Waals surface area contributed by atoms with E-state index in [2.05, 4.69) is 59.2 Å². The number of Topliss-reactive ketones (excluding diaryl/α,β-unsaturated/α-hetero) is 1. The van der Waals surface area contributed by atoms with Crippen molar-refractivity contribution in [2.45, 2.75) is 47.1 Å². The Hall–Kier alpha value is -3.48. The van der Waals surface area contributed by atoms with E-state index in [9.17, 15) is 4.79 Å². The van der Waals surface area contributed by atoms with Crippen molar-refractivity contribution >= 4 is 22.5 Å². The zero-order valence-electron chi connectivity index (χ0n) is 25.1. The second-order valence-corrected chi connectivity index (χ2v) is 10.5. The fraction of sp³-hybridized carbons (Fsp3) is 0.429. The molecule has 2 aromatic carbocycles. The maximum absolute atomic E-state index is 11.1. The largest absolute Gasteiger partial charge is 0.484 e. The summed E-state index contributed by atoms with van der Waals surface area (Å²) in [7, 11) is 0. The number of benzene rings is 2. The highest BCUT2D eigenvalue weighted by Crippen LogP contribution is 2.28. The van der Waals surface area contributed by atoms with Gasteiger partial charge in [-0.15, -0.1) is 0 Å². The van der Waals surface area contributed by atoms with Gasteiger partial charge < -0.3 is 14.4 Å². The molecule has 0 bridgehead atoms. The first-order chi connectivity index (χ1) is 20.1. The number of pyridine rings is 1. The molecule has 0 amide bonds. The summed E-state index contributed by atoms with van der Waals surface area (Å²) in [5, 5.41) is 1.01. The number of ether oxygens (including phenoxy) is 2. The fourth-order valence-corrected chi connectivity index (χ4v) is 5.35. The summed E-state index contributed by atoms with van der Waals surface area (Å²) in [5.74, 6) is 2.29. The van der Waals surface area contributed by atoms with E-state index in [1.807, 2.05) is 44.2 Å². The minimum absolute atomic E-state index is 0. The molecule has 0 N–H and O–H groups in total. The van der Waals surface area contributed by atoms with Crippen LogP contribution in [-0.4, -0.2) is 61.7 Å². The molecular formula is C35H47N3O3. The number of ketones is 1. The first-order valence-corrected chi connectivity index (χ1v) is 15.1. The molecule has 6 heteroatoms. The van der Waals surface area contributed by atoms with Gasteiger partial charge in [-0.05, 0) is 60.6 Å². The van der Waals surface area contributed by atoms with E-state index in [4.69, 9.17) is 14.5 Å². The van der Waals surface area contributed by atoms with Crippen LogP contribution in [0.15, 0.2) is 78.4 Å². The van der Waals surface area contributed by atoms with Gasteiger partial charge in [0.05, 0.1) is 13.2 Å². The summed E-state index contributed by atoms with van der Waals surface area (Å²) < 4.78 is 10.9. The highest BCUT2D eigenvalue weighted by molar-refractivity contribution is 5.86. The van der Waals surface area contributed by atoms with Gasteiger partial charge >= 0.3 is 0 Å². The predicted octanol–water partition coefficient (Wildman–Crippen LogP) is 6.88. The Morgan fingerprint density at radius 2 is 1.78 bits per heavy atom. The van der Waals surface area contributed by atoms with Crippen LogP contribution in [-0.2, 0) is 22.5 Å². The highest BCUT2D eigenvalue weighted by atomic mass is 16.5. The molecule has 1 aliphatic carbocycles. The van der Waals surface area contributed by atoms with Gasteiger partial charge in [-0.3, -0.25) is 9.69 Å². The zero-order chi connectivity index (χ0) is 29.0. The van der Waals surface area contributed by atoms with E-state index in [0.717, 1.165) is 55.5 Å². The molecular weight excluding hydrogens is 510 g/mol. The minimum atomic E-state index is -0.00339. The molecule has 0 spiro atoms. The number of carbonyl (C=O) groups is 1. The first kappa shape index (κ1) is 30.5. The van der Waals surface area contributed by atoms with Gasteiger partial charge in [-0.1, -0.05) is 75.4 Å². The molecule has 1 atom stereocenters. The van der Waals surface area contributed by atoms with Crippen LogP contribution in [0.4, 0.5) is 5.82 Å².